The zero-order valence-electron chi connectivity index (χ0n) is 7.82. The minimum atomic E-state index is 0.536. The normalized spacial score (nSPS) is 10.8. The number of tetrazole rings is 1. The van der Waals surface area contributed by atoms with E-state index in [9.17, 15) is 0 Å². The van der Waals surface area contributed by atoms with Gasteiger partial charge in [-0.1, -0.05) is 5.21 Å². The van der Waals surface area contributed by atoms with Crippen molar-refractivity contribution in [2.24, 2.45) is 0 Å². The van der Waals surface area contributed by atoms with E-state index in [0.717, 1.165) is 15.9 Å². The molecule has 2 aromatic rings. The molecule has 0 saturated heterocycles. The summed E-state index contributed by atoms with van der Waals surface area (Å²) < 4.78 is 2.87. The second-order valence-electron chi connectivity index (χ2n) is 2.97. The number of nitrogens with zero attached hydrogens (tertiary/aromatic N) is 5. The number of aromatic amines is 1. The lowest BCUT2D eigenvalue weighted by Gasteiger charge is -1.98. The third-order valence-corrected chi connectivity index (χ3v) is 3.12. The molecule has 2 aromatic heterocycles. The predicted octanol–water partition coefficient (Wildman–Crippen LogP) is 0.824. The zero-order valence-corrected chi connectivity index (χ0v) is 9.41. The van der Waals surface area contributed by atoms with E-state index in [2.05, 4.69) is 41.7 Å². The van der Waals surface area contributed by atoms with Crippen molar-refractivity contribution in [3.05, 3.63) is 21.7 Å². The van der Waals surface area contributed by atoms with Crippen LogP contribution >= 0.6 is 15.9 Å². The van der Waals surface area contributed by atoms with Crippen molar-refractivity contribution in [3.63, 3.8) is 0 Å². The van der Waals surface area contributed by atoms with Gasteiger partial charge in [0.25, 0.3) is 0 Å². The molecule has 0 fully saturated rings. The summed E-state index contributed by atoms with van der Waals surface area (Å²) in [5.74, 6) is 0.628. The van der Waals surface area contributed by atoms with Gasteiger partial charge in [0, 0.05) is 0 Å². The molecule has 0 amide bonds. The number of aromatic nitrogens is 6. The van der Waals surface area contributed by atoms with E-state index >= 15 is 0 Å². The molecule has 7 heteroatoms. The molecule has 74 valence electrons. The molecule has 0 radical (unpaired) electrons. The number of H-pyrrole nitrogens is 1. The van der Waals surface area contributed by atoms with Crippen LogP contribution < -0.4 is 0 Å². The minimum Gasteiger partial charge on any atom is -0.261 e. The summed E-state index contributed by atoms with van der Waals surface area (Å²) in [6, 6.07) is 0. The SMILES string of the molecule is Cc1nn(Cc2nn[nH]n2)c(C)c1Br. The van der Waals surface area contributed by atoms with Crippen molar-refractivity contribution >= 4 is 15.9 Å². The Morgan fingerprint density at radius 2 is 2.21 bits per heavy atom. The van der Waals surface area contributed by atoms with Crippen LogP contribution in [0.2, 0.25) is 0 Å². The number of halogens is 1. The van der Waals surface area contributed by atoms with Crippen LogP contribution in [0.4, 0.5) is 0 Å². The van der Waals surface area contributed by atoms with Crippen molar-refractivity contribution in [2.75, 3.05) is 0 Å². The van der Waals surface area contributed by atoms with E-state index in [1.807, 2.05) is 18.5 Å². The van der Waals surface area contributed by atoms with Crippen molar-refractivity contribution in [3.8, 4) is 0 Å². The molecule has 0 aliphatic carbocycles. The van der Waals surface area contributed by atoms with Crippen molar-refractivity contribution in [1.82, 2.24) is 30.4 Å². The Kier molecular flexibility index (Phi) is 2.32. The van der Waals surface area contributed by atoms with Crippen LogP contribution in [-0.2, 0) is 6.54 Å². The minimum absolute atomic E-state index is 0.536. The summed E-state index contributed by atoms with van der Waals surface area (Å²) in [5, 5.41) is 18.0. The first-order chi connectivity index (χ1) is 6.68. The zero-order chi connectivity index (χ0) is 10.1. The summed E-state index contributed by atoms with van der Waals surface area (Å²) in [6.07, 6.45) is 0. The first-order valence-corrected chi connectivity index (χ1v) is 4.89. The van der Waals surface area contributed by atoms with E-state index in [4.69, 9.17) is 0 Å². The first kappa shape index (κ1) is 9.32. The van der Waals surface area contributed by atoms with Gasteiger partial charge in [-0.05, 0) is 29.8 Å². The van der Waals surface area contributed by atoms with Crippen LogP contribution in [0.5, 0.6) is 0 Å². The maximum absolute atomic E-state index is 4.33. The highest BCUT2D eigenvalue weighted by Crippen LogP contribution is 2.19. The fourth-order valence-corrected chi connectivity index (χ4v) is 1.50. The molecular formula is C7H9BrN6. The first-order valence-electron chi connectivity index (χ1n) is 4.10. The molecule has 0 aliphatic heterocycles. The smallest absolute Gasteiger partial charge is 0.195 e. The van der Waals surface area contributed by atoms with E-state index in [1.54, 1.807) is 0 Å². The number of hydrogen-bond donors (Lipinski definition) is 1. The Hall–Kier alpha value is -1.24. The van der Waals surface area contributed by atoms with Crippen molar-refractivity contribution in [2.45, 2.75) is 20.4 Å². The lowest BCUT2D eigenvalue weighted by molar-refractivity contribution is 0.632. The lowest BCUT2D eigenvalue weighted by Crippen LogP contribution is -2.05. The van der Waals surface area contributed by atoms with Crippen LogP contribution in [0.25, 0.3) is 0 Å². The van der Waals surface area contributed by atoms with E-state index in [-0.39, 0.29) is 0 Å². The third kappa shape index (κ3) is 1.54. The topological polar surface area (TPSA) is 72.3 Å². The number of rotatable bonds is 2. The Labute approximate surface area is 88.8 Å². The summed E-state index contributed by atoms with van der Waals surface area (Å²) in [4.78, 5) is 0. The van der Waals surface area contributed by atoms with E-state index in [0.29, 0.717) is 12.4 Å². The quantitative estimate of drug-likeness (QED) is 0.864. The molecule has 1 N–H and O–H groups in total. The summed E-state index contributed by atoms with van der Waals surface area (Å²) >= 11 is 3.46. The standard InChI is InChI=1S/C7H9BrN6/c1-4-7(8)5(2)14(11-4)3-6-9-12-13-10-6/h3H2,1-2H3,(H,9,10,12,13). The Morgan fingerprint density at radius 1 is 1.43 bits per heavy atom. The molecule has 0 saturated carbocycles. The number of aryl methyl sites for hydroxylation is 1. The van der Waals surface area contributed by atoms with Gasteiger partial charge in [-0.25, -0.2) is 0 Å². The Morgan fingerprint density at radius 3 is 2.71 bits per heavy atom. The van der Waals surface area contributed by atoms with Gasteiger partial charge >= 0.3 is 0 Å². The van der Waals surface area contributed by atoms with Gasteiger partial charge in [-0.15, -0.1) is 10.2 Å². The second kappa shape index (κ2) is 3.49. The Balaban J connectivity index is 2.30. The molecule has 0 aromatic carbocycles. The molecule has 0 atom stereocenters. The molecule has 2 rings (SSSR count). The van der Waals surface area contributed by atoms with Gasteiger partial charge in [0.05, 0.1) is 15.9 Å². The van der Waals surface area contributed by atoms with Gasteiger partial charge in [-0.3, -0.25) is 4.68 Å². The van der Waals surface area contributed by atoms with Gasteiger partial charge in [0.1, 0.15) is 6.54 Å². The highest BCUT2D eigenvalue weighted by molar-refractivity contribution is 9.10. The van der Waals surface area contributed by atoms with Gasteiger partial charge in [-0.2, -0.15) is 10.3 Å². The molecule has 14 heavy (non-hydrogen) atoms. The molecule has 0 spiro atoms. The highest BCUT2D eigenvalue weighted by Gasteiger charge is 2.10. The fraction of sp³-hybridized carbons (Fsp3) is 0.429. The largest absolute Gasteiger partial charge is 0.261 e. The molecule has 0 aliphatic rings. The van der Waals surface area contributed by atoms with Gasteiger partial charge < -0.3 is 0 Å². The van der Waals surface area contributed by atoms with Gasteiger partial charge in [0.2, 0.25) is 0 Å². The lowest BCUT2D eigenvalue weighted by atomic mass is 10.4. The van der Waals surface area contributed by atoms with Crippen LogP contribution in [0.3, 0.4) is 0 Å². The van der Waals surface area contributed by atoms with E-state index in [1.165, 1.54) is 0 Å². The third-order valence-electron chi connectivity index (χ3n) is 1.97. The van der Waals surface area contributed by atoms with Crippen LogP contribution in [0, 0.1) is 13.8 Å². The van der Waals surface area contributed by atoms with Crippen molar-refractivity contribution < 1.29 is 0 Å². The second-order valence-corrected chi connectivity index (χ2v) is 3.76. The molecular weight excluding hydrogens is 248 g/mol. The monoisotopic (exact) mass is 256 g/mol. The summed E-state index contributed by atoms with van der Waals surface area (Å²) in [5.41, 5.74) is 2.03. The molecule has 0 bridgehead atoms. The van der Waals surface area contributed by atoms with Crippen LogP contribution in [-0.4, -0.2) is 30.4 Å². The van der Waals surface area contributed by atoms with E-state index < -0.39 is 0 Å². The number of nitrogens with one attached hydrogen (secondary N) is 1. The van der Waals surface area contributed by atoms with Crippen LogP contribution in [0.1, 0.15) is 17.2 Å². The van der Waals surface area contributed by atoms with Crippen LogP contribution in [0.15, 0.2) is 4.47 Å². The highest BCUT2D eigenvalue weighted by atomic mass is 79.9. The molecule has 6 nitrogen and oxygen atoms in total. The Bertz CT molecular complexity index is 431. The maximum Gasteiger partial charge on any atom is 0.195 e. The maximum atomic E-state index is 4.33. The van der Waals surface area contributed by atoms with Crippen molar-refractivity contribution in [1.29, 1.82) is 0 Å². The summed E-state index contributed by atoms with van der Waals surface area (Å²) in [6.45, 7) is 4.47. The molecule has 0 unspecified atom stereocenters. The molecule has 2 heterocycles. The predicted molar refractivity (Wildman–Crippen MR) is 52.7 cm³/mol. The average molecular weight is 257 g/mol. The average Bonchev–Trinajstić information content (AvgIpc) is 2.73. The number of hydrogen-bond acceptors (Lipinski definition) is 4. The summed E-state index contributed by atoms with van der Waals surface area (Å²) in [7, 11) is 0. The van der Waals surface area contributed by atoms with Gasteiger partial charge in [0.15, 0.2) is 5.82 Å². The fourth-order valence-electron chi connectivity index (χ4n) is 1.21.